The van der Waals surface area contributed by atoms with E-state index in [1.165, 1.54) is 23.8 Å². The molecule has 14 nitrogen and oxygen atoms in total. The highest BCUT2D eigenvalue weighted by atomic mass is 32.2. The van der Waals surface area contributed by atoms with E-state index in [0.29, 0.717) is 45.6 Å². The lowest BCUT2D eigenvalue weighted by atomic mass is 9.84. The van der Waals surface area contributed by atoms with Crippen molar-refractivity contribution in [2.24, 2.45) is 28.2 Å². The van der Waals surface area contributed by atoms with Crippen LogP contribution in [0, 0.1) is 23.2 Å². The van der Waals surface area contributed by atoms with E-state index in [0.717, 1.165) is 89.6 Å². The van der Waals surface area contributed by atoms with Crippen molar-refractivity contribution < 1.29 is 28.6 Å². The predicted octanol–water partition coefficient (Wildman–Crippen LogP) is 5.33. The van der Waals surface area contributed by atoms with Crippen molar-refractivity contribution in [1.82, 2.24) is 30.2 Å². The summed E-state index contributed by atoms with van der Waals surface area (Å²) in [6.45, 7) is 15.7. The molecule has 5 fully saturated rings. The van der Waals surface area contributed by atoms with Gasteiger partial charge in [-0.2, -0.15) is 0 Å². The van der Waals surface area contributed by atoms with Gasteiger partial charge in [0.25, 0.3) is 5.91 Å². The van der Waals surface area contributed by atoms with Crippen molar-refractivity contribution in [1.29, 1.82) is 0 Å². The molecule has 5 aliphatic heterocycles. The summed E-state index contributed by atoms with van der Waals surface area (Å²) < 4.78 is 20.6. The highest BCUT2D eigenvalue weighted by Gasteiger charge is 2.58. The molecule has 0 spiro atoms. The Morgan fingerprint density at radius 3 is 2.62 bits per heavy atom. The molecule has 2 saturated carbocycles. The normalized spacial score (nSPS) is 30.5. The number of hydrogen-bond acceptors (Lipinski definition) is 12. The molecule has 3 aromatic rings. The van der Waals surface area contributed by atoms with Gasteiger partial charge in [0, 0.05) is 87.0 Å². The minimum absolute atomic E-state index is 0.104. The minimum atomic E-state index is -1.08. The Morgan fingerprint density at radius 2 is 1.89 bits per heavy atom. The number of hydrogen-bond donors (Lipinski definition) is 2. The molecule has 6 bridgehead atoms. The number of aromatic nitrogens is 2. The van der Waals surface area contributed by atoms with Crippen molar-refractivity contribution >= 4 is 51.5 Å². The molecule has 7 atom stereocenters. The number of aldehydes is 1. The van der Waals surface area contributed by atoms with Crippen LogP contribution in [-0.4, -0.2) is 132 Å². The number of fused-ring (bicyclic) bond motifs is 6. The second-order valence-corrected chi connectivity index (χ2v) is 21.0. The molecule has 3 saturated heterocycles. The smallest absolute Gasteiger partial charge is 0.259 e. The van der Waals surface area contributed by atoms with E-state index in [9.17, 15) is 14.4 Å². The number of ether oxygens (including phenoxy) is 3. The number of carbonyl (C=O) groups is 3. The Balaban J connectivity index is 1.05. The maximum Gasteiger partial charge on any atom is 0.259 e. The lowest BCUT2D eigenvalue weighted by Gasteiger charge is -2.41. The molecule has 1 aromatic carbocycles. The van der Waals surface area contributed by atoms with Crippen LogP contribution in [0.25, 0.3) is 22.2 Å². The molecule has 338 valence electrons. The van der Waals surface area contributed by atoms with Gasteiger partial charge in [-0.15, -0.1) is 11.8 Å². The van der Waals surface area contributed by atoms with Crippen LogP contribution in [0.4, 0.5) is 5.69 Å². The average Bonchev–Trinajstić information content (AvgIpc) is 4.12. The fraction of sp³-hybridized carbons (Fsp3) is 0.646. The Morgan fingerprint density at radius 1 is 1.10 bits per heavy atom. The van der Waals surface area contributed by atoms with Gasteiger partial charge in [0.2, 0.25) is 5.91 Å². The zero-order chi connectivity index (χ0) is 43.6. The molecule has 15 heteroatoms. The molecular weight excluding hydrogens is 817 g/mol. The van der Waals surface area contributed by atoms with Gasteiger partial charge < -0.3 is 33.8 Å². The fourth-order valence-electron chi connectivity index (χ4n) is 11.0. The summed E-state index contributed by atoms with van der Waals surface area (Å²) in [5.74, 6) is 0.663. The monoisotopic (exact) mass is 880 g/mol. The number of thioether (sulfide) groups is 1. The van der Waals surface area contributed by atoms with Crippen LogP contribution in [0.3, 0.4) is 0 Å². The van der Waals surface area contributed by atoms with Crippen LogP contribution in [0.5, 0.6) is 0 Å². The van der Waals surface area contributed by atoms with Gasteiger partial charge in [0.15, 0.2) is 0 Å². The first kappa shape index (κ1) is 43.1. The van der Waals surface area contributed by atoms with Crippen molar-refractivity contribution in [2.75, 3.05) is 76.9 Å². The Labute approximate surface area is 375 Å². The zero-order valence-corrected chi connectivity index (χ0v) is 38.4. The summed E-state index contributed by atoms with van der Waals surface area (Å²) in [5, 5.41) is 6.71. The third-order valence-corrected chi connectivity index (χ3v) is 15.9. The fourth-order valence-corrected chi connectivity index (χ4v) is 12.1. The van der Waals surface area contributed by atoms with E-state index in [2.05, 4.69) is 77.1 Å². The summed E-state index contributed by atoms with van der Waals surface area (Å²) >= 11 is 1.66. The molecule has 63 heavy (non-hydrogen) atoms. The lowest BCUT2D eigenvalue weighted by Crippen LogP contribution is -2.66. The summed E-state index contributed by atoms with van der Waals surface area (Å²) in [6.07, 6.45) is 7.49. The molecule has 7 heterocycles. The molecule has 2 aliphatic carbocycles. The van der Waals surface area contributed by atoms with Crippen LogP contribution >= 0.6 is 11.8 Å². The Bertz CT molecular complexity index is 2280. The highest BCUT2D eigenvalue weighted by molar-refractivity contribution is 8.14. The van der Waals surface area contributed by atoms with Gasteiger partial charge in [0.05, 0.1) is 66.9 Å². The summed E-state index contributed by atoms with van der Waals surface area (Å²) in [6, 6.07) is 8.98. The number of rotatable bonds is 9. The molecule has 2 aromatic heterocycles. The number of piperazine rings is 1. The number of pyridine rings is 1. The molecule has 2 N–H and O–H groups in total. The number of nitrogens with zero attached hydrogens (tertiary/aromatic N) is 6. The average molecular weight is 881 g/mol. The second kappa shape index (κ2) is 17.2. The topological polar surface area (TPSA) is 143 Å². The molecule has 2 amide bonds. The van der Waals surface area contributed by atoms with E-state index < -0.39 is 11.6 Å². The lowest BCUT2D eigenvalue weighted by molar-refractivity contribution is -0.147. The molecule has 7 aliphatic rings. The second-order valence-electron chi connectivity index (χ2n) is 19.9. The van der Waals surface area contributed by atoms with E-state index >= 15 is 0 Å². The number of hydrazine groups is 1. The molecule has 0 radical (unpaired) electrons. The van der Waals surface area contributed by atoms with Gasteiger partial charge in [-0.3, -0.25) is 29.5 Å². The van der Waals surface area contributed by atoms with Crippen molar-refractivity contribution in [3.05, 3.63) is 47.3 Å². The SMILES string of the molecule is CCn1c(-c2cc(N3CCN(C4CC4)CC3)cnc2[C@H](C)OC)c2c3cc(ccc31)C1CSC(=N1)C[C@H](NC(=O)C1[C@H]3COC[C@@H]13)C(=O)N1CCC[C@](C=O)(COCC(C)(C)C2)N1. The Hall–Kier alpha value is -3.86. The quantitative estimate of drug-likeness (QED) is 0.270. The Kier molecular flexibility index (Phi) is 11.7. The number of amides is 2. The van der Waals surface area contributed by atoms with Crippen LogP contribution in [-0.2, 0) is 41.6 Å². The third-order valence-electron chi connectivity index (χ3n) is 14.9. The first-order chi connectivity index (χ1) is 30.5. The largest absolute Gasteiger partial charge is 0.381 e. The number of methoxy groups -OCH3 is 1. The van der Waals surface area contributed by atoms with E-state index in [1.54, 1.807) is 23.9 Å². The maximum atomic E-state index is 14.5. The number of anilines is 1. The van der Waals surface area contributed by atoms with E-state index in [4.69, 9.17) is 24.2 Å². The van der Waals surface area contributed by atoms with Crippen LogP contribution in [0.1, 0.15) is 88.8 Å². The van der Waals surface area contributed by atoms with Crippen LogP contribution in [0.2, 0.25) is 0 Å². The van der Waals surface area contributed by atoms with Gasteiger partial charge in [-0.1, -0.05) is 19.9 Å². The van der Waals surface area contributed by atoms with E-state index in [-0.39, 0.29) is 60.2 Å². The number of benzene rings is 1. The summed E-state index contributed by atoms with van der Waals surface area (Å²) in [4.78, 5) is 56.8. The van der Waals surface area contributed by atoms with Gasteiger partial charge in [0.1, 0.15) is 17.9 Å². The maximum absolute atomic E-state index is 14.5. The van der Waals surface area contributed by atoms with Crippen molar-refractivity contribution in [2.45, 2.75) is 103 Å². The van der Waals surface area contributed by atoms with Crippen LogP contribution in [0.15, 0.2) is 35.5 Å². The van der Waals surface area contributed by atoms with Gasteiger partial charge in [-0.25, -0.2) is 5.43 Å². The highest BCUT2D eigenvalue weighted by Crippen LogP contribution is 2.51. The number of aryl methyl sites for hydroxylation is 1. The minimum Gasteiger partial charge on any atom is -0.381 e. The van der Waals surface area contributed by atoms with Crippen molar-refractivity contribution in [3.63, 3.8) is 0 Å². The molecule has 2 unspecified atom stereocenters. The van der Waals surface area contributed by atoms with Crippen molar-refractivity contribution in [3.8, 4) is 11.3 Å². The predicted molar refractivity (Wildman–Crippen MR) is 245 cm³/mol. The van der Waals surface area contributed by atoms with Gasteiger partial charge >= 0.3 is 0 Å². The summed E-state index contributed by atoms with van der Waals surface area (Å²) in [7, 11) is 1.75. The summed E-state index contributed by atoms with van der Waals surface area (Å²) in [5.41, 5.74) is 9.66. The zero-order valence-electron chi connectivity index (χ0n) is 37.6. The van der Waals surface area contributed by atoms with Crippen LogP contribution < -0.4 is 15.6 Å². The molecular formula is C48H64N8O6S. The van der Waals surface area contributed by atoms with E-state index in [1.807, 2.05) is 6.20 Å². The number of aliphatic imine (C=N–C) groups is 1. The number of carbonyl (C=O) groups excluding carboxylic acids is 3. The molecule has 10 rings (SSSR count). The number of nitrogens with one attached hydrogen (secondary N) is 2. The first-order valence-electron chi connectivity index (χ1n) is 23.4. The standard InChI is InChI=1S/C48H64N8O6S/c1-6-55-40-11-8-30-18-33(40)35(44(55)34-19-32(22-49-43(34)29(2)60-5)54-16-14-53(15-17-54)31-9-10-31)21-47(3,4)27-62-28-48(26-57)12-7-13-56(52-48)46(59)38(20-41-50-39(30)25-63-41)51-45(58)42-36-23-61-24-37(36)42/h8,11,18-19,22,26,29,31,36-39,42,52H,6-7,9-10,12-17,20-21,23-25,27-28H2,1-5H3,(H,51,58)/t29-,36-,37+,38-,39?,42?,48-/m0/s1. The van der Waals surface area contributed by atoms with Gasteiger partial charge in [-0.05, 0) is 92.5 Å². The third kappa shape index (κ3) is 8.35. The first-order valence-corrected chi connectivity index (χ1v) is 24.3.